The lowest BCUT2D eigenvalue weighted by Crippen LogP contribution is -2.31. The van der Waals surface area contributed by atoms with Gasteiger partial charge in [-0.15, -0.1) is 0 Å². The Morgan fingerprint density at radius 2 is 1.79 bits per heavy atom. The highest BCUT2D eigenvalue weighted by atomic mass is 79.9. The fourth-order valence-electron chi connectivity index (χ4n) is 1.82. The first kappa shape index (κ1) is 16.1. The molecule has 19 heavy (non-hydrogen) atoms. The number of ether oxygens (including phenoxy) is 2. The second kappa shape index (κ2) is 8.30. The molecule has 0 N–H and O–H groups in total. The molecule has 0 fully saturated rings. The first-order valence-corrected chi connectivity index (χ1v) is 6.92. The smallest absolute Gasteiger partial charge is 0.161 e. The molecular formula is C14H20BrNO3. The Balaban J connectivity index is 3.02. The molecule has 0 amide bonds. The van der Waals surface area contributed by atoms with Crippen LogP contribution in [0.2, 0.25) is 0 Å². The third-order valence-corrected chi connectivity index (χ3v) is 3.30. The number of hydrogen-bond donors (Lipinski definition) is 0. The molecule has 5 heteroatoms. The first-order chi connectivity index (χ1) is 9.10. The van der Waals surface area contributed by atoms with Crippen LogP contribution in [-0.4, -0.2) is 46.3 Å². The molecule has 1 aromatic carbocycles. The van der Waals surface area contributed by atoms with Gasteiger partial charge in [0.25, 0.3) is 0 Å². The van der Waals surface area contributed by atoms with E-state index in [9.17, 15) is 4.79 Å². The lowest BCUT2D eigenvalue weighted by molar-refractivity contribution is 0.101. The van der Waals surface area contributed by atoms with Crippen LogP contribution in [0.25, 0.3) is 0 Å². The molecule has 0 atom stereocenters. The van der Waals surface area contributed by atoms with Crippen LogP contribution in [0.4, 0.5) is 5.69 Å². The predicted molar refractivity (Wildman–Crippen MR) is 80.1 cm³/mol. The number of benzene rings is 1. The topological polar surface area (TPSA) is 38.8 Å². The zero-order chi connectivity index (χ0) is 14.3. The fraction of sp³-hybridized carbons (Fsp3) is 0.500. The van der Waals surface area contributed by atoms with Crippen LogP contribution in [0.5, 0.6) is 0 Å². The zero-order valence-electron chi connectivity index (χ0n) is 11.6. The maximum atomic E-state index is 11.8. The summed E-state index contributed by atoms with van der Waals surface area (Å²) in [7, 11) is 3.34. The molecule has 4 nitrogen and oxygen atoms in total. The molecule has 0 saturated heterocycles. The average molecular weight is 330 g/mol. The van der Waals surface area contributed by atoms with E-state index in [4.69, 9.17) is 9.47 Å². The van der Waals surface area contributed by atoms with E-state index in [0.717, 1.165) is 23.2 Å². The number of hydrogen-bond acceptors (Lipinski definition) is 4. The van der Waals surface area contributed by atoms with E-state index < -0.39 is 0 Å². The number of halogens is 1. The van der Waals surface area contributed by atoms with Gasteiger partial charge in [-0.3, -0.25) is 4.79 Å². The fourth-order valence-corrected chi connectivity index (χ4v) is 2.18. The zero-order valence-corrected chi connectivity index (χ0v) is 13.2. The van der Waals surface area contributed by atoms with Crippen LogP contribution in [0.1, 0.15) is 17.3 Å². The maximum Gasteiger partial charge on any atom is 0.161 e. The first-order valence-electron chi connectivity index (χ1n) is 6.13. The Labute approximate surface area is 122 Å². The molecule has 0 aliphatic heterocycles. The van der Waals surface area contributed by atoms with Crippen LogP contribution in [-0.2, 0) is 9.47 Å². The molecule has 0 unspecified atom stereocenters. The largest absolute Gasteiger partial charge is 0.383 e. The quantitative estimate of drug-likeness (QED) is 0.687. The second-order valence-corrected chi connectivity index (χ2v) is 5.11. The van der Waals surface area contributed by atoms with Crippen molar-refractivity contribution < 1.29 is 14.3 Å². The Kier molecular flexibility index (Phi) is 7.05. The summed E-state index contributed by atoms with van der Waals surface area (Å²) in [5.41, 5.74) is 1.63. The van der Waals surface area contributed by atoms with E-state index in [2.05, 4.69) is 20.8 Å². The van der Waals surface area contributed by atoms with E-state index in [0.29, 0.717) is 18.8 Å². The Morgan fingerprint density at radius 1 is 1.21 bits per heavy atom. The molecule has 1 aromatic rings. The maximum absolute atomic E-state index is 11.8. The van der Waals surface area contributed by atoms with E-state index in [1.54, 1.807) is 21.1 Å². The van der Waals surface area contributed by atoms with Gasteiger partial charge in [0.2, 0.25) is 0 Å². The molecule has 0 bridgehead atoms. The van der Waals surface area contributed by atoms with Gasteiger partial charge in [-0.25, -0.2) is 0 Å². The van der Waals surface area contributed by atoms with Crippen LogP contribution in [0.15, 0.2) is 22.7 Å². The Hall–Kier alpha value is -0.910. The number of carbonyl (C=O) groups excluding carboxylic acids is 1. The normalized spacial score (nSPS) is 10.5. The molecular weight excluding hydrogens is 310 g/mol. The summed E-state index contributed by atoms with van der Waals surface area (Å²) in [6, 6.07) is 5.74. The third-order valence-electron chi connectivity index (χ3n) is 2.81. The Morgan fingerprint density at radius 3 is 2.26 bits per heavy atom. The van der Waals surface area contributed by atoms with Crippen molar-refractivity contribution in [2.45, 2.75) is 6.92 Å². The minimum absolute atomic E-state index is 0.0520. The van der Waals surface area contributed by atoms with Gasteiger partial charge in [0, 0.05) is 43.0 Å². The highest BCUT2D eigenvalue weighted by Gasteiger charge is 2.14. The van der Waals surface area contributed by atoms with Gasteiger partial charge in [0.05, 0.1) is 13.2 Å². The highest BCUT2D eigenvalue weighted by molar-refractivity contribution is 9.10. The number of carbonyl (C=O) groups is 1. The monoisotopic (exact) mass is 329 g/mol. The van der Waals surface area contributed by atoms with E-state index >= 15 is 0 Å². The van der Waals surface area contributed by atoms with Gasteiger partial charge < -0.3 is 14.4 Å². The van der Waals surface area contributed by atoms with Gasteiger partial charge in [0.1, 0.15) is 0 Å². The number of nitrogens with zero attached hydrogens (tertiary/aromatic N) is 1. The summed E-state index contributed by atoms with van der Waals surface area (Å²) >= 11 is 3.40. The number of methoxy groups -OCH3 is 2. The molecule has 106 valence electrons. The minimum Gasteiger partial charge on any atom is -0.383 e. The number of ketones is 1. The van der Waals surface area contributed by atoms with Gasteiger partial charge >= 0.3 is 0 Å². The molecule has 1 rings (SSSR count). The van der Waals surface area contributed by atoms with Crippen molar-refractivity contribution >= 4 is 27.4 Å². The van der Waals surface area contributed by atoms with E-state index in [1.807, 2.05) is 18.2 Å². The van der Waals surface area contributed by atoms with E-state index in [1.165, 1.54) is 0 Å². The SMILES string of the molecule is COCCN(CCOC)c1ccc(Br)cc1C(C)=O. The highest BCUT2D eigenvalue weighted by Crippen LogP contribution is 2.25. The lowest BCUT2D eigenvalue weighted by atomic mass is 10.1. The third kappa shape index (κ3) is 4.93. The van der Waals surface area contributed by atoms with Gasteiger partial charge in [-0.05, 0) is 25.1 Å². The summed E-state index contributed by atoms with van der Waals surface area (Å²) in [5, 5.41) is 0. The van der Waals surface area contributed by atoms with Crippen LogP contribution >= 0.6 is 15.9 Å². The molecule has 0 aliphatic rings. The molecule has 0 aromatic heterocycles. The van der Waals surface area contributed by atoms with Crippen molar-refractivity contribution in [3.63, 3.8) is 0 Å². The predicted octanol–water partition coefficient (Wildman–Crippen LogP) is 2.75. The molecule has 0 aliphatic carbocycles. The molecule has 0 spiro atoms. The van der Waals surface area contributed by atoms with Crippen molar-refractivity contribution in [2.75, 3.05) is 45.4 Å². The van der Waals surface area contributed by atoms with Crippen molar-refractivity contribution in [1.29, 1.82) is 0 Å². The van der Waals surface area contributed by atoms with Crippen molar-refractivity contribution in [2.24, 2.45) is 0 Å². The minimum atomic E-state index is 0.0520. The van der Waals surface area contributed by atoms with Crippen LogP contribution in [0.3, 0.4) is 0 Å². The lowest BCUT2D eigenvalue weighted by Gasteiger charge is -2.26. The number of Topliss-reactive ketones (excluding diaryl/α,β-unsaturated/α-hetero) is 1. The van der Waals surface area contributed by atoms with Gasteiger partial charge in [0.15, 0.2) is 5.78 Å². The number of anilines is 1. The summed E-state index contributed by atoms with van der Waals surface area (Å²) < 4.78 is 11.1. The van der Waals surface area contributed by atoms with Crippen LogP contribution < -0.4 is 4.90 Å². The van der Waals surface area contributed by atoms with Crippen molar-refractivity contribution in [3.8, 4) is 0 Å². The molecule has 0 radical (unpaired) electrons. The second-order valence-electron chi connectivity index (χ2n) is 4.19. The van der Waals surface area contributed by atoms with Gasteiger partial charge in [-0.2, -0.15) is 0 Å². The van der Waals surface area contributed by atoms with Crippen LogP contribution in [0, 0.1) is 0 Å². The molecule has 0 heterocycles. The summed E-state index contributed by atoms with van der Waals surface area (Å²) in [4.78, 5) is 13.9. The molecule has 0 saturated carbocycles. The summed E-state index contributed by atoms with van der Waals surface area (Å²) in [6.07, 6.45) is 0. The average Bonchev–Trinajstić information content (AvgIpc) is 2.39. The van der Waals surface area contributed by atoms with Crippen molar-refractivity contribution in [3.05, 3.63) is 28.2 Å². The summed E-state index contributed by atoms with van der Waals surface area (Å²) in [5.74, 6) is 0.0520. The van der Waals surface area contributed by atoms with Gasteiger partial charge in [-0.1, -0.05) is 15.9 Å². The van der Waals surface area contributed by atoms with E-state index in [-0.39, 0.29) is 5.78 Å². The van der Waals surface area contributed by atoms with Crippen molar-refractivity contribution in [1.82, 2.24) is 0 Å². The summed E-state index contributed by atoms with van der Waals surface area (Å²) in [6.45, 7) is 4.24. The Bertz CT molecular complexity index is 415. The standard InChI is InChI=1S/C14H20BrNO3/c1-11(17)13-10-12(15)4-5-14(13)16(6-8-18-2)7-9-19-3/h4-5,10H,6-9H2,1-3H3. The number of rotatable bonds is 8.